The minimum atomic E-state index is -0.627. The fourth-order valence-electron chi connectivity index (χ4n) is 1.80. The number of nitrogens with one attached hydrogen (secondary N) is 1. The molecule has 1 aromatic rings. The molecule has 0 saturated carbocycles. The van der Waals surface area contributed by atoms with Crippen LogP contribution in [0.4, 0.5) is 0 Å². The summed E-state index contributed by atoms with van der Waals surface area (Å²) in [5.41, 5.74) is 6.17. The number of carbonyl (C=O) groups is 1. The third-order valence-corrected chi connectivity index (χ3v) is 3.24. The second-order valence-corrected chi connectivity index (χ2v) is 5.57. The minimum absolute atomic E-state index is 0.464. The predicted octanol–water partition coefficient (Wildman–Crippen LogP) is 2.73. The van der Waals surface area contributed by atoms with Crippen molar-refractivity contribution in [2.24, 2.45) is 11.7 Å². The van der Waals surface area contributed by atoms with Gasteiger partial charge in [-0.15, -0.1) is 0 Å². The largest absolute Gasteiger partial charge is 0.480 e. The van der Waals surface area contributed by atoms with Gasteiger partial charge in [0, 0.05) is 17.1 Å². The van der Waals surface area contributed by atoms with Gasteiger partial charge < -0.3 is 15.8 Å². The molecule has 1 unspecified atom stereocenters. The summed E-state index contributed by atoms with van der Waals surface area (Å²) < 4.78 is 5.70. The van der Waals surface area contributed by atoms with Crippen molar-refractivity contribution in [1.29, 1.82) is 0 Å². The molecule has 20 heavy (non-hydrogen) atoms. The third kappa shape index (κ3) is 5.02. The summed E-state index contributed by atoms with van der Waals surface area (Å²) in [5.74, 6) is 0.698. The lowest BCUT2D eigenvalue weighted by molar-refractivity contribution is -0.124. The van der Waals surface area contributed by atoms with Gasteiger partial charge in [0.2, 0.25) is 0 Å². The quantitative estimate of drug-likeness (QED) is 0.775. The smallest absolute Gasteiger partial charge is 0.258 e. The van der Waals surface area contributed by atoms with E-state index < -0.39 is 12.0 Å². The average Bonchev–Trinajstić information content (AvgIpc) is 2.37. The number of nitrogens with two attached hydrogens (primary N) is 1. The molecule has 0 bridgehead atoms. The molecule has 1 aromatic carbocycles. The predicted molar refractivity (Wildman–Crippen MR) is 81.9 cm³/mol. The highest BCUT2D eigenvalue weighted by Crippen LogP contribution is 2.27. The molecule has 0 aromatic heterocycles. The Labute approximate surface area is 125 Å². The lowest BCUT2D eigenvalue weighted by Gasteiger charge is -2.18. The lowest BCUT2D eigenvalue weighted by atomic mass is 10.1. The molecule has 0 saturated heterocycles. The van der Waals surface area contributed by atoms with E-state index in [0.717, 1.165) is 12.1 Å². The number of hydrogen-bond acceptors (Lipinski definition) is 3. The number of hydrogen-bond donors (Lipinski definition) is 2. The summed E-state index contributed by atoms with van der Waals surface area (Å²) in [7, 11) is 0. The molecule has 0 spiro atoms. The molecular formula is C15H23ClN2O2. The van der Waals surface area contributed by atoms with E-state index in [1.54, 1.807) is 6.07 Å². The summed E-state index contributed by atoms with van der Waals surface area (Å²) in [6.45, 7) is 7.62. The molecule has 0 heterocycles. The summed E-state index contributed by atoms with van der Waals surface area (Å²) >= 11 is 6.21. The summed E-state index contributed by atoms with van der Waals surface area (Å²) in [5, 5.41) is 3.95. The molecule has 0 aliphatic carbocycles. The Kier molecular flexibility index (Phi) is 6.82. The molecule has 0 aliphatic heterocycles. The zero-order valence-corrected chi connectivity index (χ0v) is 13.0. The van der Waals surface area contributed by atoms with Crippen LogP contribution in [0.15, 0.2) is 18.2 Å². The second kappa shape index (κ2) is 8.12. The van der Waals surface area contributed by atoms with Crippen LogP contribution >= 0.6 is 11.6 Å². The van der Waals surface area contributed by atoms with Gasteiger partial charge in [0.15, 0.2) is 6.10 Å². The average molecular weight is 299 g/mol. The van der Waals surface area contributed by atoms with Crippen molar-refractivity contribution in [2.75, 3.05) is 6.54 Å². The van der Waals surface area contributed by atoms with Crippen molar-refractivity contribution in [3.63, 3.8) is 0 Å². The minimum Gasteiger partial charge on any atom is -0.480 e. The number of carbonyl (C=O) groups excluding carboxylic acids is 1. The van der Waals surface area contributed by atoms with Gasteiger partial charge in [-0.3, -0.25) is 4.79 Å². The van der Waals surface area contributed by atoms with Gasteiger partial charge in [-0.1, -0.05) is 38.4 Å². The van der Waals surface area contributed by atoms with E-state index in [1.165, 1.54) is 0 Å². The van der Waals surface area contributed by atoms with Gasteiger partial charge in [0.1, 0.15) is 5.75 Å². The maximum Gasteiger partial charge on any atom is 0.258 e. The van der Waals surface area contributed by atoms with Crippen LogP contribution in [0.25, 0.3) is 0 Å². The number of amides is 1. The Morgan fingerprint density at radius 3 is 2.70 bits per heavy atom. The molecule has 3 N–H and O–H groups in total. The van der Waals surface area contributed by atoms with Crippen LogP contribution in [-0.4, -0.2) is 18.6 Å². The zero-order chi connectivity index (χ0) is 15.1. The van der Waals surface area contributed by atoms with Crippen molar-refractivity contribution in [3.8, 4) is 5.75 Å². The van der Waals surface area contributed by atoms with E-state index >= 15 is 0 Å². The fraction of sp³-hybridized carbons (Fsp3) is 0.533. The van der Waals surface area contributed by atoms with Crippen molar-refractivity contribution in [2.45, 2.75) is 39.8 Å². The molecule has 0 radical (unpaired) electrons. The van der Waals surface area contributed by atoms with Gasteiger partial charge in [-0.25, -0.2) is 0 Å². The Morgan fingerprint density at radius 2 is 2.15 bits per heavy atom. The molecule has 0 aliphatic rings. The fourth-order valence-corrected chi connectivity index (χ4v) is 2.04. The molecule has 5 heteroatoms. The lowest BCUT2D eigenvalue weighted by Crippen LogP contribution is -2.33. The zero-order valence-electron chi connectivity index (χ0n) is 12.3. The van der Waals surface area contributed by atoms with E-state index in [2.05, 4.69) is 19.2 Å². The van der Waals surface area contributed by atoms with Crippen LogP contribution in [0.1, 0.15) is 32.8 Å². The molecule has 1 rings (SSSR count). The maximum absolute atomic E-state index is 11.3. The first-order chi connectivity index (χ1) is 9.45. The number of benzene rings is 1. The topological polar surface area (TPSA) is 64.3 Å². The second-order valence-electron chi connectivity index (χ2n) is 5.16. The van der Waals surface area contributed by atoms with Gasteiger partial charge in [0.05, 0.1) is 0 Å². The summed E-state index contributed by atoms with van der Waals surface area (Å²) in [4.78, 5) is 11.3. The van der Waals surface area contributed by atoms with Crippen molar-refractivity contribution < 1.29 is 9.53 Å². The number of rotatable bonds is 8. The monoisotopic (exact) mass is 298 g/mol. The van der Waals surface area contributed by atoms with Crippen LogP contribution in [0.3, 0.4) is 0 Å². The van der Waals surface area contributed by atoms with E-state index in [1.807, 2.05) is 19.1 Å². The van der Waals surface area contributed by atoms with Crippen molar-refractivity contribution in [3.05, 3.63) is 28.8 Å². The summed E-state index contributed by atoms with van der Waals surface area (Å²) in [6.07, 6.45) is -0.0990. The highest BCUT2D eigenvalue weighted by atomic mass is 35.5. The first kappa shape index (κ1) is 16.8. The van der Waals surface area contributed by atoms with E-state index in [4.69, 9.17) is 22.1 Å². The summed E-state index contributed by atoms with van der Waals surface area (Å²) in [6, 6.07) is 5.42. The third-order valence-electron chi connectivity index (χ3n) is 2.89. The normalized spacial score (nSPS) is 12.4. The van der Waals surface area contributed by atoms with Crippen LogP contribution < -0.4 is 15.8 Å². The first-order valence-corrected chi connectivity index (χ1v) is 7.27. The van der Waals surface area contributed by atoms with Crippen molar-refractivity contribution >= 4 is 17.5 Å². The molecule has 4 nitrogen and oxygen atoms in total. The highest BCUT2D eigenvalue weighted by molar-refractivity contribution is 6.31. The van der Waals surface area contributed by atoms with Crippen LogP contribution in [0, 0.1) is 5.92 Å². The van der Waals surface area contributed by atoms with Gasteiger partial charge in [-0.2, -0.15) is 0 Å². The number of primary amides is 1. The van der Waals surface area contributed by atoms with Crippen LogP contribution in [0.2, 0.25) is 5.02 Å². The molecule has 112 valence electrons. The van der Waals surface area contributed by atoms with Crippen LogP contribution in [0.5, 0.6) is 5.75 Å². The van der Waals surface area contributed by atoms with Crippen molar-refractivity contribution in [1.82, 2.24) is 5.32 Å². The Morgan fingerprint density at radius 1 is 1.45 bits per heavy atom. The van der Waals surface area contributed by atoms with Gasteiger partial charge in [-0.05, 0) is 31.0 Å². The maximum atomic E-state index is 11.3. The van der Waals surface area contributed by atoms with Crippen LogP contribution in [-0.2, 0) is 11.3 Å². The number of ether oxygens (including phenoxy) is 1. The van der Waals surface area contributed by atoms with Gasteiger partial charge in [0.25, 0.3) is 5.91 Å². The Bertz CT molecular complexity index is 449. The Hall–Kier alpha value is -1.26. The van der Waals surface area contributed by atoms with E-state index in [-0.39, 0.29) is 0 Å². The standard InChI is InChI=1S/C15H23ClN2O2/c1-4-13(15(17)19)20-14-7-5-6-12(16)11(14)9-18-8-10(2)3/h5-7,10,13,18H,4,8-9H2,1-3H3,(H2,17,19). The first-order valence-electron chi connectivity index (χ1n) is 6.89. The molecular weight excluding hydrogens is 276 g/mol. The molecule has 1 atom stereocenters. The molecule has 1 amide bonds. The number of halogens is 1. The van der Waals surface area contributed by atoms with E-state index in [9.17, 15) is 4.79 Å². The highest BCUT2D eigenvalue weighted by Gasteiger charge is 2.17. The Balaban J connectivity index is 2.84. The molecule has 0 fully saturated rings. The van der Waals surface area contributed by atoms with E-state index in [0.29, 0.717) is 29.7 Å². The van der Waals surface area contributed by atoms with Gasteiger partial charge >= 0.3 is 0 Å². The SMILES string of the molecule is CCC(Oc1cccc(Cl)c1CNCC(C)C)C(N)=O.